The molecule has 4 rings (SSSR count). The monoisotopic (exact) mass is 359 g/mol. The number of H-pyrrole nitrogens is 1. The van der Waals surface area contributed by atoms with E-state index >= 15 is 0 Å². The van der Waals surface area contributed by atoms with Gasteiger partial charge in [-0.1, -0.05) is 42.5 Å². The van der Waals surface area contributed by atoms with Crippen LogP contribution in [-0.2, 0) is 25.7 Å². The molecule has 0 radical (unpaired) electrons. The van der Waals surface area contributed by atoms with E-state index in [4.69, 9.17) is 0 Å². The maximum Gasteiger partial charge on any atom is 0.449 e. The molecule has 0 atom stereocenters. The number of aromatic amines is 1. The number of benzene rings is 2. The lowest BCUT2D eigenvalue weighted by molar-refractivity contribution is -0.145. The summed E-state index contributed by atoms with van der Waals surface area (Å²) in [4.78, 5) is 19.5. The maximum atomic E-state index is 12.9. The molecule has 0 fully saturated rings. The first kappa shape index (κ1) is 16.8. The van der Waals surface area contributed by atoms with Gasteiger partial charge in [0.1, 0.15) is 0 Å². The van der Waals surface area contributed by atoms with Gasteiger partial charge in [0.2, 0.25) is 5.82 Å². The molecule has 2 aromatic carbocycles. The summed E-state index contributed by atoms with van der Waals surface area (Å²) in [5.74, 6) is -1.23. The number of rotatable bonds is 2. The third-order valence-corrected chi connectivity index (χ3v) is 4.69. The normalized spacial score (nSPS) is 15.2. The Bertz CT molecular complexity index is 1020. The average Bonchev–Trinajstić information content (AvgIpc) is 2.61. The number of hydrogen-bond acceptors (Lipinski definition) is 3. The van der Waals surface area contributed by atoms with Crippen LogP contribution in [0.3, 0.4) is 0 Å². The minimum Gasteiger partial charge on any atom is -0.303 e. The smallest absolute Gasteiger partial charge is 0.303 e. The fourth-order valence-corrected chi connectivity index (χ4v) is 3.43. The van der Waals surface area contributed by atoms with Crippen LogP contribution in [0.4, 0.5) is 13.2 Å². The van der Waals surface area contributed by atoms with E-state index in [2.05, 4.69) is 4.98 Å². The van der Waals surface area contributed by atoms with Crippen LogP contribution in [0.5, 0.6) is 0 Å². The van der Waals surface area contributed by atoms with Crippen LogP contribution in [0.2, 0.25) is 0 Å². The first-order chi connectivity index (χ1) is 12.4. The predicted molar refractivity (Wildman–Crippen MR) is 91.6 cm³/mol. The molecular weight excluding hydrogens is 343 g/mol. The van der Waals surface area contributed by atoms with E-state index in [1.54, 1.807) is 0 Å². The first-order valence-corrected chi connectivity index (χ1v) is 8.30. The lowest BCUT2D eigenvalue weighted by Gasteiger charge is -2.28. The molecule has 0 spiro atoms. The summed E-state index contributed by atoms with van der Waals surface area (Å²) < 4.78 is 38.7. The van der Waals surface area contributed by atoms with Crippen LogP contribution >= 0.6 is 0 Å². The number of alkyl halides is 3. The highest BCUT2D eigenvalue weighted by Gasteiger charge is 2.36. The van der Waals surface area contributed by atoms with Crippen molar-refractivity contribution in [3.63, 3.8) is 0 Å². The van der Waals surface area contributed by atoms with Gasteiger partial charge in [0.15, 0.2) is 0 Å². The van der Waals surface area contributed by atoms with Crippen LogP contribution in [-0.4, -0.2) is 21.4 Å². The molecule has 0 saturated heterocycles. The number of nitrogens with one attached hydrogen (secondary N) is 1. The number of fused-ring (bicyclic) bond motifs is 2. The van der Waals surface area contributed by atoms with Crippen molar-refractivity contribution in [1.29, 1.82) is 0 Å². The van der Waals surface area contributed by atoms with Crippen LogP contribution in [0.1, 0.15) is 22.6 Å². The SMILES string of the molecule is O=c1[nH]c(C(F)(F)F)nc2c1CCN(Cc1cccc3ccccc13)C2. The Morgan fingerprint density at radius 3 is 2.69 bits per heavy atom. The van der Waals surface area contributed by atoms with Gasteiger partial charge in [-0.3, -0.25) is 9.69 Å². The Morgan fingerprint density at radius 2 is 1.88 bits per heavy atom. The van der Waals surface area contributed by atoms with Crippen molar-refractivity contribution in [2.24, 2.45) is 0 Å². The molecule has 1 aromatic heterocycles. The zero-order valence-electron chi connectivity index (χ0n) is 13.8. The molecule has 0 unspecified atom stereocenters. The molecule has 0 aliphatic carbocycles. The summed E-state index contributed by atoms with van der Waals surface area (Å²) in [5.41, 5.74) is 0.985. The fourth-order valence-electron chi connectivity index (χ4n) is 3.43. The molecule has 0 saturated carbocycles. The quantitative estimate of drug-likeness (QED) is 0.762. The Hall–Kier alpha value is -2.67. The summed E-state index contributed by atoms with van der Waals surface area (Å²) in [6, 6.07) is 14.0. The zero-order chi connectivity index (χ0) is 18.3. The Kier molecular flexibility index (Phi) is 4.03. The summed E-state index contributed by atoms with van der Waals surface area (Å²) in [6.45, 7) is 1.43. The van der Waals surface area contributed by atoms with Crippen molar-refractivity contribution in [3.05, 3.63) is 75.5 Å². The lowest BCUT2D eigenvalue weighted by Crippen LogP contribution is -2.36. The summed E-state index contributed by atoms with van der Waals surface area (Å²) >= 11 is 0. The highest BCUT2D eigenvalue weighted by atomic mass is 19.4. The summed E-state index contributed by atoms with van der Waals surface area (Å²) in [7, 11) is 0. The maximum absolute atomic E-state index is 12.9. The van der Waals surface area contributed by atoms with Crippen molar-refractivity contribution in [2.45, 2.75) is 25.7 Å². The average molecular weight is 359 g/mol. The number of aromatic nitrogens is 2. The van der Waals surface area contributed by atoms with E-state index in [9.17, 15) is 18.0 Å². The van der Waals surface area contributed by atoms with Crippen molar-refractivity contribution in [1.82, 2.24) is 14.9 Å². The molecule has 4 nitrogen and oxygen atoms in total. The summed E-state index contributed by atoms with van der Waals surface area (Å²) in [5, 5.41) is 2.24. The molecule has 26 heavy (non-hydrogen) atoms. The topological polar surface area (TPSA) is 49.0 Å². The van der Waals surface area contributed by atoms with E-state index in [0.29, 0.717) is 25.1 Å². The third kappa shape index (κ3) is 3.10. The van der Waals surface area contributed by atoms with Crippen molar-refractivity contribution in [3.8, 4) is 0 Å². The molecule has 0 amide bonds. The molecule has 1 aliphatic heterocycles. The molecule has 7 heteroatoms. The minimum atomic E-state index is -4.66. The molecule has 2 heterocycles. The van der Waals surface area contributed by atoms with Crippen LogP contribution in [0.25, 0.3) is 10.8 Å². The molecule has 3 aromatic rings. The van der Waals surface area contributed by atoms with Gasteiger partial charge >= 0.3 is 6.18 Å². The van der Waals surface area contributed by atoms with Crippen molar-refractivity contribution >= 4 is 10.8 Å². The van der Waals surface area contributed by atoms with E-state index in [1.807, 2.05) is 52.3 Å². The largest absolute Gasteiger partial charge is 0.449 e. The van der Waals surface area contributed by atoms with Crippen LogP contribution in [0, 0.1) is 0 Å². The Labute approximate surface area is 147 Å². The van der Waals surface area contributed by atoms with Gasteiger partial charge in [0.25, 0.3) is 5.56 Å². The number of halogens is 3. The third-order valence-electron chi connectivity index (χ3n) is 4.69. The highest BCUT2D eigenvalue weighted by Crippen LogP contribution is 2.27. The minimum absolute atomic E-state index is 0.215. The van der Waals surface area contributed by atoms with Crippen LogP contribution < -0.4 is 5.56 Å². The Morgan fingerprint density at radius 1 is 1.12 bits per heavy atom. The van der Waals surface area contributed by atoms with E-state index < -0.39 is 17.6 Å². The molecule has 0 bridgehead atoms. The fraction of sp³-hybridized carbons (Fsp3) is 0.263. The lowest BCUT2D eigenvalue weighted by atomic mass is 10.0. The van der Waals surface area contributed by atoms with Gasteiger partial charge in [-0.2, -0.15) is 13.2 Å². The molecule has 1 N–H and O–H groups in total. The van der Waals surface area contributed by atoms with Crippen molar-refractivity contribution in [2.75, 3.05) is 6.54 Å². The molecule has 134 valence electrons. The molecule has 1 aliphatic rings. The standard InChI is InChI=1S/C19H16F3N3O/c20-19(21,22)18-23-16-11-25(9-8-15(16)17(26)24-18)10-13-6-3-5-12-4-1-2-7-14(12)13/h1-7H,8-11H2,(H,23,24,26). The number of hydrogen-bond donors (Lipinski definition) is 1. The van der Waals surface area contributed by atoms with Gasteiger partial charge in [-0.05, 0) is 22.8 Å². The number of nitrogens with zero attached hydrogens (tertiary/aromatic N) is 2. The zero-order valence-corrected chi connectivity index (χ0v) is 13.8. The highest BCUT2D eigenvalue weighted by molar-refractivity contribution is 5.85. The van der Waals surface area contributed by atoms with E-state index in [1.165, 1.54) is 0 Å². The van der Waals surface area contributed by atoms with Gasteiger partial charge in [0, 0.05) is 25.2 Å². The van der Waals surface area contributed by atoms with Crippen molar-refractivity contribution < 1.29 is 13.2 Å². The second kappa shape index (κ2) is 6.25. The summed E-state index contributed by atoms with van der Waals surface area (Å²) in [6.07, 6.45) is -4.27. The van der Waals surface area contributed by atoms with E-state index in [-0.39, 0.29) is 12.2 Å². The first-order valence-electron chi connectivity index (χ1n) is 8.30. The Balaban J connectivity index is 1.64. The van der Waals surface area contributed by atoms with Gasteiger partial charge in [0.05, 0.1) is 5.69 Å². The predicted octanol–water partition coefficient (Wildman–Crippen LogP) is 3.50. The van der Waals surface area contributed by atoms with Gasteiger partial charge in [-0.15, -0.1) is 0 Å². The van der Waals surface area contributed by atoms with Gasteiger partial charge < -0.3 is 4.98 Å². The van der Waals surface area contributed by atoms with Gasteiger partial charge in [-0.25, -0.2) is 4.98 Å². The van der Waals surface area contributed by atoms with E-state index in [0.717, 1.165) is 16.3 Å². The second-order valence-corrected chi connectivity index (χ2v) is 6.44. The van der Waals surface area contributed by atoms with Crippen LogP contribution in [0.15, 0.2) is 47.3 Å². The second-order valence-electron chi connectivity index (χ2n) is 6.44. The molecular formula is C19H16F3N3O.